The zero-order valence-electron chi connectivity index (χ0n) is 12.7. The predicted octanol–water partition coefficient (Wildman–Crippen LogP) is 2.70. The molecule has 118 valence electrons. The summed E-state index contributed by atoms with van der Waals surface area (Å²) in [5, 5.41) is 12.9. The van der Waals surface area contributed by atoms with Gasteiger partial charge in [-0.05, 0) is 24.1 Å². The van der Waals surface area contributed by atoms with Crippen molar-refractivity contribution in [2.45, 2.75) is 12.5 Å². The molecule has 2 N–H and O–H groups in total. The molecule has 2 aromatic rings. The Morgan fingerprint density at radius 1 is 1.13 bits per heavy atom. The molecule has 1 atom stereocenters. The summed E-state index contributed by atoms with van der Waals surface area (Å²) < 4.78 is 5.58. The van der Waals surface area contributed by atoms with E-state index >= 15 is 0 Å². The number of amides is 1. The maximum absolute atomic E-state index is 12.2. The number of ether oxygens (including phenoxy) is 1. The zero-order valence-corrected chi connectivity index (χ0v) is 12.7. The summed E-state index contributed by atoms with van der Waals surface area (Å²) in [4.78, 5) is 12.2. The third-order valence-electron chi connectivity index (χ3n) is 3.81. The lowest BCUT2D eigenvalue weighted by atomic mass is 10.1. The van der Waals surface area contributed by atoms with Gasteiger partial charge in [0.2, 0.25) is 0 Å². The van der Waals surface area contributed by atoms with E-state index < -0.39 is 6.10 Å². The van der Waals surface area contributed by atoms with Crippen molar-refractivity contribution in [3.8, 4) is 5.75 Å². The Morgan fingerprint density at radius 2 is 1.87 bits per heavy atom. The van der Waals surface area contributed by atoms with Crippen molar-refractivity contribution in [2.75, 3.05) is 13.2 Å². The smallest absolute Gasteiger partial charge is 0.250 e. The number of benzene rings is 2. The second-order valence-electron chi connectivity index (χ2n) is 5.47. The summed E-state index contributed by atoms with van der Waals surface area (Å²) in [6.07, 6.45) is 1.75. The normalized spacial score (nSPS) is 14.2. The second-order valence-corrected chi connectivity index (χ2v) is 5.47. The van der Waals surface area contributed by atoms with Crippen LogP contribution >= 0.6 is 0 Å². The maximum Gasteiger partial charge on any atom is 0.250 e. The fourth-order valence-corrected chi connectivity index (χ4v) is 2.52. The van der Waals surface area contributed by atoms with Crippen molar-refractivity contribution < 1.29 is 14.6 Å². The number of rotatable bonds is 5. The molecule has 4 heteroatoms. The van der Waals surface area contributed by atoms with E-state index in [2.05, 4.69) is 5.32 Å². The van der Waals surface area contributed by atoms with Gasteiger partial charge in [0.15, 0.2) is 0 Å². The van der Waals surface area contributed by atoms with Crippen LogP contribution in [0.4, 0.5) is 0 Å². The highest BCUT2D eigenvalue weighted by molar-refractivity contribution is 5.99. The molecule has 0 spiro atoms. The van der Waals surface area contributed by atoms with Crippen LogP contribution in [-0.4, -0.2) is 24.2 Å². The molecule has 3 rings (SSSR count). The highest BCUT2D eigenvalue weighted by Gasteiger charge is 2.17. The third-order valence-corrected chi connectivity index (χ3v) is 3.81. The summed E-state index contributed by atoms with van der Waals surface area (Å²) >= 11 is 0. The van der Waals surface area contributed by atoms with Crippen LogP contribution in [0.3, 0.4) is 0 Å². The molecule has 2 aromatic carbocycles. The molecule has 0 saturated heterocycles. The first-order valence-electron chi connectivity index (χ1n) is 7.67. The highest BCUT2D eigenvalue weighted by atomic mass is 16.5. The molecule has 1 amide bonds. The molecule has 1 aliphatic heterocycles. The summed E-state index contributed by atoms with van der Waals surface area (Å²) in [5.74, 6) is 0.642. The monoisotopic (exact) mass is 309 g/mol. The van der Waals surface area contributed by atoms with Gasteiger partial charge in [0.1, 0.15) is 12.4 Å². The number of carbonyl (C=O) groups excluding carboxylic acids is 1. The van der Waals surface area contributed by atoms with E-state index in [0.29, 0.717) is 18.5 Å². The molecule has 23 heavy (non-hydrogen) atoms. The highest BCUT2D eigenvalue weighted by Crippen LogP contribution is 2.25. The molecule has 0 aromatic heterocycles. The van der Waals surface area contributed by atoms with E-state index in [4.69, 9.17) is 4.74 Å². The largest absolute Gasteiger partial charge is 0.488 e. The van der Waals surface area contributed by atoms with Gasteiger partial charge >= 0.3 is 0 Å². The number of carbonyl (C=O) groups is 1. The molecule has 0 fully saturated rings. The van der Waals surface area contributed by atoms with Crippen molar-refractivity contribution in [3.05, 3.63) is 71.3 Å². The van der Waals surface area contributed by atoms with E-state index in [-0.39, 0.29) is 12.5 Å². The van der Waals surface area contributed by atoms with Crippen molar-refractivity contribution in [1.29, 1.82) is 0 Å². The van der Waals surface area contributed by atoms with Gasteiger partial charge < -0.3 is 15.2 Å². The number of hydrogen-bond donors (Lipinski definition) is 2. The topological polar surface area (TPSA) is 58.6 Å². The van der Waals surface area contributed by atoms with Gasteiger partial charge in [0.05, 0.1) is 11.7 Å². The third kappa shape index (κ3) is 3.79. The van der Waals surface area contributed by atoms with Gasteiger partial charge in [0, 0.05) is 12.1 Å². The molecular formula is C19H19NO3. The summed E-state index contributed by atoms with van der Waals surface area (Å²) in [7, 11) is 0. The number of nitrogens with one attached hydrogen (secondary N) is 1. The van der Waals surface area contributed by atoms with Gasteiger partial charge in [-0.25, -0.2) is 0 Å². The second kappa shape index (κ2) is 7.11. The molecule has 1 heterocycles. The van der Waals surface area contributed by atoms with Crippen LogP contribution in [0.15, 0.2) is 60.2 Å². The van der Waals surface area contributed by atoms with Gasteiger partial charge in [-0.1, -0.05) is 48.5 Å². The van der Waals surface area contributed by atoms with E-state index in [9.17, 15) is 9.90 Å². The molecule has 0 saturated carbocycles. The van der Waals surface area contributed by atoms with Gasteiger partial charge in [0.25, 0.3) is 5.91 Å². The molecule has 0 radical (unpaired) electrons. The minimum atomic E-state index is -0.575. The van der Waals surface area contributed by atoms with Crippen LogP contribution in [0.2, 0.25) is 0 Å². The first kappa shape index (κ1) is 15.3. The number of fused-ring (bicyclic) bond motifs is 1. The fourth-order valence-electron chi connectivity index (χ4n) is 2.52. The molecule has 1 unspecified atom stereocenters. The minimum Gasteiger partial charge on any atom is -0.488 e. The number of hydrogen-bond acceptors (Lipinski definition) is 3. The Bertz CT molecular complexity index is 710. The minimum absolute atomic E-state index is 0.153. The Balaban J connectivity index is 1.53. The van der Waals surface area contributed by atoms with Gasteiger partial charge in [-0.15, -0.1) is 0 Å². The molecule has 1 aliphatic rings. The van der Waals surface area contributed by atoms with Crippen molar-refractivity contribution >= 4 is 12.0 Å². The number of para-hydroxylation sites is 1. The Hall–Kier alpha value is -2.59. The van der Waals surface area contributed by atoms with E-state index in [1.54, 1.807) is 0 Å². The lowest BCUT2D eigenvalue weighted by molar-refractivity contribution is -0.117. The van der Waals surface area contributed by atoms with Crippen molar-refractivity contribution in [2.24, 2.45) is 0 Å². The number of aliphatic hydroxyl groups is 1. The lowest BCUT2D eigenvalue weighted by Crippen LogP contribution is -2.30. The van der Waals surface area contributed by atoms with Crippen LogP contribution in [0.25, 0.3) is 6.08 Å². The van der Waals surface area contributed by atoms with Crippen LogP contribution in [0, 0.1) is 0 Å². The van der Waals surface area contributed by atoms with Gasteiger partial charge in [-0.3, -0.25) is 4.79 Å². The van der Waals surface area contributed by atoms with Crippen LogP contribution in [-0.2, 0) is 4.79 Å². The van der Waals surface area contributed by atoms with Crippen LogP contribution < -0.4 is 10.1 Å². The summed E-state index contributed by atoms with van der Waals surface area (Å²) in [6, 6.07) is 17.1. The lowest BCUT2D eigenvalue weighted by Gasteiger charge is -2.18. The Labute approximate surface area is 135 Å². The van der Waals surface area contributed by atoms with E-state index in [0.717, 1.165) is 16.9 Å². The molecular weight excluding hydrogens is 290 g/mol. The zero-order chi connectivity index (χ0) is 16.1. The Kier molecular flexibility index (Phi) is 4.74. The molecule has 0 aliphatic carbocycles. The quantitative estimate of drug-likeness (QED) is 0.893. The van der Waals surface area contributed by atoms with Crippen LogP contribution in [0.5, 0.6) is 5.75 Å². The fraction of sp³-hybridized carbons (Fsp3) is 0.211. The van der Waals surface area contributed by atoms with E-state index in [1.807, 2.05) is 60.7 Å². The first-order chi connectivity index (χ1) is 11.2. The maximum atomic E-state index is 12.2. The van der Waals surface area contributed by atoms with Crippen molar-refractivity contribution in [1.82, 2.24) is 5.32 Å². The average Bonchev–Trinajstić information content (AvgIpc) is 2.61. The average molecular weight is 309 g/mol. The predicted molar refractivity (Wildman–Crippen MR) is 88.9 cm³/mol. The molecule has 0 bridgehead atoms. The first-order valence-corrected chi connectivity index (χ1v) is 7.67. The van der Waals surface area contributed by atoms with Crippen molar-refractivity contribution in [3.63, 3.8) is 0 Å². The van der Waals surface area contributed by atoms with Crippen LogP contribution in [0.1, 0.15) is 23.7 Å². The van der Waals surface area contributed by atoms with E-state index in [1.165, 1.54) is 0 Å². The number of aliphatic hydroxyl groups excluding tert-OH is 1. The molecule has 4 nitrogen and oxygen atoms in total. The standard InChI is InChI=1S/C19H19NO3/c21-17(14-6-2-1-3-7-14)10-11-20-19(22)16-12-15-8-4-5-9-18(15)23-13-16/h1-9,12,17,21H,10-11,13H2,(H,20,22). The SMILES string of the molecule is O=C(NCCC(O)c1ccccc1)C1=Cc2ccccc2OC1. The summed E-state index contributed by atoms with van der Waals surface area (Å²) in [5.41, 5.74) is 2.36. The van der Waals surface area contributed by atoms with Gasteiger partial charge in [-0.2, -0.15) is 0 Å². The summed E-state index contributed by atoms with van der Waals surface area (Å²) in [6.45, 7) is 0.679. The Morgan fingerprint density at radius 3 is 2.70 bits per heavy atom.